The first kappa shape index (κ1) is 16.0. The van der Waals surface area contributed by atoms with E-state index < -0.39 is 5.60 Å². The first-order chi connectivity index (χ1) is 10.9. The second-order valence-corrected chi connectivity index (χ2v) is 7.65. The summed E-state index contributed by atoms with van der Waals surface area (Å²) in [7, 11) is 0. The molecule has 1 spiro atoms. The van der Waals surface area contributed by atoms with Crippen LogP contribution in [0.15, 0.2) is 35.3 Å². The summed E-state index contributed by atoms with van der Waals surface area (Å²) in [6, 6.07) is 10.3. The molecule has 3 rings (SSSR count). The molecule has 0 atom stereocenters. The number of nitrogens with zero attached hydrogens (tertiary/aromatic N) is 2. The van der Waals surface area contributed by atoms with Crippen molar-refractivity contribution in [3.63, 3.8) is 0 Å². The number of hydrogen-bond donors (Lipinski definition) is 0. The highest BCUT2D eigenvalue weighted by atomic mass is 16.6. The molecule has 4 nitrogen and oxygen atoms in total. The summed E-state index contributed by atoms with van der Waals surface area (Å²) in [5, 5.41) is 0. The van der Waals surface area contributed by atoms with Crippen molar-refractivity contribution in [1.29, 1.82) is 0 Å². The van der Waals surface area contributed by atoms with E-state index in [1.54, 1.807) is 0 Å². The second-order valence-electron chi connectivity index (χ2n) is 7.65. The van der Waals surface area contributed by atoms with Gasteiger partial charge in [-0.25, -0.2) is 4.79 Å². The molecule has 2 fully saturated rings. The maximum absolute atomic E-state index is 12.4. The van der Waals surface area contributed by atoms with Crippen LogP contribution in [0.25, 0.3) is 0 Å². The Morgan fingerprint density at radius 1 is 1.26 bits per heavy atom. The van der Waals surface area contributed by atoms with Crippen LogP contribution in [0.3, 0.4) is 0 Å². The van der Waals surface area contributed by atoms with Gasteiger partial charge in [-0.3, -0.25) is 4.99 Å². The minimum absolute atomic E-state index is 0.0178. The third kappa shape index (κ3) is 3.92. The van der Waals surface area contributed by atoms with Gasteiger partial charge >= 0.3 is 6.09 Å². The van der Waals surface area contributed by atoms with E-state index in [2.05, 4.69) is 12.1 Å². The van der Waals surface area contributed by atoms with Gasteiger partial charge in [-0.2, -0.15) is 0 Å². The van der Waals surface area contributed by atoms with Crippen LogP contribution in [-0.2, 0) is 11.3 Å². The number of hydrogen-bond acceptors (Lipinski definition) is 3. The Labute approximate surface area is 138 Å². The van der Waals surface area contributed by atoms with Crippen LogP contribution < -0.4 is 0 Å². The Bertz CT molecular complexity index is 598. The molecular weight excluding hydrogens is 288 g/mol. The van der Waals surface area contributed by atoms with Crippen molar-refractivity contribution in [3.8, 4) is 0 Å². The van der Waals surface area contributed by atoms with Crippen LogP contribution >= 0.6 is 0 Å². The third-order valence-corrected chi connectivity index (χ3v) is 4.50. The molecule has 1 aliphatic carbocycles. The number of carbonyl (C=O) groups excluding carboxylic acids is 1. The second kappa shape index (κ2) is 5.99. The molecule has 0 bridgehead atoms. The van der Waals surface area contributed by atoms with E-state index in [-0.39, 0.29) is 11.6 Å². The quantitative estimate of drug-likeness (QED) is 0.821. The van der Waals surface area contributed by atoms with Crippen LogP contribution in [0.4, 0.5) is 4.79 Å². The first-order valence-corrected chi connectivity index (χ1v) is 8.45. The minimum Gasteiger partial charge on any atom is -0.444 e. The molecule has 0 unspecified atom stereocenters. The van der Waals surface area contributed by atoms with Gasteiger partial charge < -0.3 is 9.64 Å². The molecule has 0 radical (unpaired) electrons. The van der Waals surface area contributed by atoms with Crippen molar-refractivity contribution in [2.45, 2.75) is 64.1 Å². The van der Waals surface area contributed by atoms with E-state index in [1.165, 1.54) is 11.3 Å². The number of rotatable bonds is 2. The molecule has 1 heterocycles. The van der Waals surface area contributed by atoms with Crippen molar-refractivity contribution in [3.05, 3.63) is 35.9 Å². The molecule has 23 heavy (non-hydrogen) atoms. The van der Waals surface area contributed by atoms with Crippen LogP contribution in [0.5, 0.6) is 0 Å². The fourth-order valence-electron chi connectivity index (χ4n) is 3.16. The number of amides is 1. The lowest BCUT2D eigenvalue weighted by molar-refractivity contribution is 0.0122. The number of ether oxygens (including phenoxy) is 1. The van der Waals surface area contributed by atoms with Crippen molar-refractivity contribution in [1.82, 2.24) is 4.90 Å². The van der Waals surface area contributed by atoms with Gasteiger partial charge in [-0.05, 0) is 39.2 Å². The van der Waals surface area contributed by atoms with Gasteiger partial charge in [0.1, 0.15) is 5.60 Å². The molecule has 1 saturated carbocycles. The van der Waals surface area contributed by atoms with Gasteiger partial charge in [-0.15, -0.1) is 0 Å². The van der Waals surface area contributed by atoms with E-state index in [1.807, 2.05) is 43.9 Å². The summed E-state index contributed by atoms with van der Waals surface area (Å²) < 4.78 is 5.56. The predicted octanol–water partition coefficient (Wildman–Crippen LogP) is 4.19. The molecule has 1 aromatic rings. The van der Waals surface area contributed by atoms with Gasteiger partial charge in [0.25, 0.3) is 0 Å². The zero-order valence-corrected chi connectivity index (χ0v) is 14.3. The molecule has 4 heteroatoms. The van der Waals surface area contributed by atoms with Gasteiger partial charge in [0.2, 0.25) is 0 Å². The molecule has 2 aliphatic rings. The third-order valence-electron chi connectivity index (χ3n) is 4.50. The van der Waals surface area contributed by atoms with Crippen molar-refractivity contribution < 1.29 is 9.53 Å². The summed E-state index contributed by atoms with van der Waals surface area (Å²) in [4.78, 5) is 19.2. The lowest BCUT2D eigenvalue weighted by Crippen LogP contribution is -2.50. The zero-order chi connectivity index (χ0) is 16.5. The Morgan fingerprint density at radius 3 is 2.57 bits per heavy atom. The smallest absolute Gasteiger partial charge is 0.410 e. The van der Waals surface area contributed by atoms with Crippen molar-refractivity contribution in [2.75, 3.05) is 6.54 Å². The van der Waals surface area contributed by atoms with E-state index in [0.29, 0.717) is 0 Å². The monoisotopic (exact) mass is 314 g/mol. The number of likely N-dealkylation sites (tertiary alicyclic amines) is 1. The van der Waals surface area contributed by atoms with Crippen molar-refractivity contribution >= 4 is 11.8 Å². The van der Waals surface area contributed by atoms with Gasteiger partial charge in [0.05, 0.1) is 12.1 Å². The lowest BCUT2D eigenvalue weighted by atomic mass is 9.98. The lowest BCUT2D eigenvalue weighted by Gasteiger charge is -2.37. The maximum atomic E-state index is 12.4. The normalized spacial score (nSPS) is 21.5. The van der Waals surface area contributed by atoms with Crippen LogP contribution in [-0.4, -0.2) is 34.4 Å². The molecule has 1 amide bonds. The summed E-state index contributed by atoms with van der Waals surface area (Å²) in [5.41, 5.74) is 2.02. The molecule has 1 aromatic carbocycles. The summed E-state index contributed by atoms with van der Waals surface area (Å²) in [6.45, 7) is 7.21. The van der Waals surface area contributed by atoms with Crippen LogP contribution in [0.2, 0.25) is 0 Å². The highest BCUT2D eigenvalue weighted by Crippen LogP contribution is 2.48. The highest BCUT2D eigenvalue weighted by molar-refractivity contribution is 5.89. The molecule has 124 valence electrons. The Morgan fingerprint density at radius 2 is 1.96 bits per heavy atom. The molecule has 0 N–H and O–H groups in total. The SMILES string of the molecule is CC(C)(C)OC(=O)N1CCC(=NCc2ccccc2)CC12CC2. The van der Waals surface area contributed by atoms with E-state index in [0.717, 1.165) is 38.8 Å². The average molecular weight is 314 g/mol. The van der Waals surface area contributed by atoms with Crippen molar-refractivity contribution in [2.24, 2.45) is 4.99 Å². The zero-order valence-electron chi connectivity index (χ0n) is 14.3. The van der Waals surface area contributed by atoms with E-state index in [9.17, 15) is 4.79 Å². The molecule has 1 saturated heterocycles. The Balaban J connectivity index is 1.63. The number of benzene rings is 1. The maximum Gasteiger partial charge on any atom is 0.410 e. The Hall–Kier alpha value is -1.84. The summed E-state index contributed by atoms with van der Waals surface area (Å²) >= 11 is 0. The van der Waals surface area contributed by atoms with E-state index in [4.69, 9.17) is 9.73 Å². The number of carbonyl (C=O) groups is 1. The van der Waals surface area contributed by atoms with Crippen LogP contribution in [0.1, 0.15) is 52.0 Å². The predicted molar refractivity (Wildman–Crippen MR) is 91.7 cm³/mol. The Kier molecular flexibility index (Phi) is 4.17. The fraction of sp³-hybridized carbons (Fsp3) is 0.579. The van der Waals surface area contributed by atoms with Gasteiger partial charge in [0.15, 0.2) is 0 Å². The summed E-state index contributed by atoms with van der Waals surface area (Å²) in [6.07, 6.45) is 3.72. The highest BCUT2D eigenvalue weighted by Gasteiger charge is 2.53. The van der Waals surface area contributed by atoms with Crippen LogP contribution in [0, 0.1) is 0 Å². The minimum atomic E-state index is -0.436. The molecule has 0 aromatic heterocycles. The number of piperidine rings is 1. The van der Waals surface area contributed by atoms with Gasteiger partial charge in [0, 0.05) is 25.1 Å². The largest absolute Gasteiger partial charge is 0.444 e. The van der Waals surface area contributed by atoms with Gasteiger partial charge in [-0.1, -0.05) is 30.3 Å². The topological polar surface area (TPSA) is 41.9 Å². The summed E-state index contributed by atoms with van der Waals surface area (Å²) in [5.74, 6) is 0. The number of aliphatic imine (C=N–C) groups is 1. The first-order valence-electron chi connectivity index (χ1n) is 8.45. The molecule has 1 aliphatic heterocycles. The average Bonchev–Trinajstić information content (AvgIpc) is 3.24. The fourth-order valence-corrected chi connectivity index (χ4v) is 3.16. The van der Waals surface area contributed by atoms with E-state index >= 15 is 0 Å². The molecular formula is C19H26N2O2. The standard InChI is InChI=1S/C19H26N2O2/c1-18(2,3)23-17(22)21-12-9-16(13-19(21)10-11-19)20-14-15-7-5-4-6-8-15/h4-8H,9-14H2,1-3H3.